The molecule has 44 heavy (non-hydrogen) atoms. The summed E-state index contributed by atoms with van der Waals surface area (Å²) in [6, 6.07) is 15.8. The highest BCUT2D eigenvalue weighted by Crippen LogP contribution is 2.40. The summed E-state index contributed by atoms with van der Waals surface area (Å²) in [5, 5.41) is 10.1. The van der Waals surface area contributed by atoms with Crippen LogP contribution in [0.25, 0.3) is 33.2 Å². The standard InChI is InChI=1S/C30H21F6N3O4S/c1-43-28-26(39-44(41,42)27-9-7-21(29(31,32)33)14-24(27)30(34,35)36)13-20(15-38-28)19-6-8-25-23(12-19)22(10-11-37-25)18-4-2-17(16-40)3-5-18/h2-15,39-40H,16H2,1H3. The molecule has 2 heterocycles. The van der Waals surface area contributed by atoms with Crippen molar-refractivity contribution in [1.82, 2.24) is 9.97 Å². The molecule has 5 rings (SSSR count). The molecule has 3 aromatic carbocycles. The molecule has 0 aliphatic heterocycles. The van der Waals surface area contributed by atoms with E-state index in [0.29, 0.717) is 16.6 Å². The number of benzene rings is 3. The second kappa shape index (κ2) is 11.4. The number of ether oxygens (including phenoxy) is 1. The van der Waals surface area contributed by atoms with Crippen molar-refractivity contribution < 1.29 is 44.6 Å². The second-order valence-electron chi connectivity index (χ2n) is 9.54. The summed E-state index contributed by atoms with van der Waals surface area (Å²) in [7, 11) is -3.93. The molecular weight excluding hydrogens is 612 g/mol. The third kappa shape index (κ3) is 6.17. The highest BCUT2D eigenvalue weighted by molar-refractivity contribution is 7.92. The fourth-order valence-corrected chi connectivity index (χ4v) is 5.83. The molecule has 0 unspecified atom stereocenters. The number of nitrogens with zero attached hydrogens (tertiary/aromatic N) is 2. The second-order valence-corrected chi connectivity index (χ2v) is 11.2. The van der Waals surface area contributed by atoms with Gasteiger partial charge >= 0.3 is 12.4 Å². The van der Waals surface area contributed by atoms with Crippen molar-refractivity contribution in [2.24, 2.45) is 0 Å². The number of sulfonamides is 1. The lowest BCUT2D eigenvalue weighted by atomic mass is 9.97. The number of hydrogen-bond donors (Lipinski definition) is 2. The van der Waals surface area contributed by atoms with Crippen molar-refractivity contribution in [1.29, 1.82) is 0 Å². The lowest BCUT2D eigenvalue weighted by molar-refractivity contribution is -0.144. The summed E-state index contributed by atoms with van der Waals surface area (Å²) < 4.78 is 114. The van der Waals surface area contributed by atoms with Gasteiger partial charge in [0.25, 0.3) is 10.0 Å². The van der Waals surface area contributed by atoms with Gasteiger partial charge in [0.15, 0.2) is 0 Å². The first-order valence-electron chi connectivity index (χ1n) is 12.7. The van der Waals surface area contributed by atoms with Crippen molar-refractivity contribution in [3.05, 3.63) is 102 Å². The summed E-state index contributed by atoms with van der Waals surface area (Å²) in [6.45, 7) is -0.117. The van der Waals surface area contributed by atoms with E-state index in [1.807, 2.05) is 16.9 Å². The van der Waals surface area contributed by atoms with Gasteiger partial charge in [-0.2, -0.15) is 26.3 Å². The predicted octanol–water partition coefficient (Wildman–Crippen LogP) is 7.30. The first kappa shape index (κ1) is 30.8. The van der Waals surface area contributed by atoms with Crippen LogP contribution in [0.15, 0.2) is 90.1 Å². The van der Waals surface area contributed by atoms with Crippen LogP contribution in [0.5, 0.6) is 5.88 Å². The highest BCUT2D eigenvalue weighted by Gasteiger charge is 2.41. The zero-order chi connectivity index (χ0) is 31.9. The molecule has 0 radical (unpaired) electrons. The molecule has 0 aliphatic rings. The topological polar surface area (TPSA) is 101 Å². The maximum Gasteiger partial charge on any atom is 0.417 e. The number of halogens is 6. The molecule has 0 saturated heterocycles. The Morgan fingerprint density at radius 1 is 0.818 bits per heavy atom. The van der Waals surface area contributed by atoms with Crippen LogP contribution in [0.2, 0.25) is 0 Å². The van der Waals surface area contributed by atoms with E-state index >= 15 is 0 Å². The number of alkyl halides is 6. The van der Waals surface area contributed by atoms with Gasteiger partial charge in [0.2, 0.25) is 5.88 Å². The van der Waals surface area contributed by atoms with Gasteiger partial charge in [0, 0.05) is 23.3 Å². The van der Waals surface area contributed by atoms with Gasteiger partial charge in [0.1, 0.15) is 5.69 Å². The third-order valence-corrected chi connectivity index (χ3v) is 8.14. The third-order valence-electron chi connectivity index (χ3n) is 6.71. The summed E-state index contributed by atoms with van der Waals surface area (Å²) in [5.41, 5.74) is -0.0735. The Morgan fingerprint density at radius 3 is 2.16 bits per heavy atom. The van der Waals surface area contributed by atoms with E-state index in [-0.39, 0.29) is 36.4 Å². The Hall–Kier alpha value is -4.69. The van der Waals surface area contributed by atoms with Crippen LogP contribution in [0.4, 0.5) is 32.0 Å². The van der Waals surface area contributed by atoms with Crippen LogP contribution < -0.4 is 9.46 Å². The fraction of sp³-hybridized carbons (Fsp3) is 0.133. The molecule has 0 bridgehead atoms. The number of aromatic nitrogens is 2. The maximum atomic E-state index is 13.7. The van der Waals surface area contributed by atoms with E-state index in [4.69, 9.17) is 4.74 Å². The molecular formula is C30H21F6N3O4S. The number of aliphatic hydroxyl groups excluding tert-OH is 1. The predicted molar refractivity (Wildman–Crippen MR) is 150 cm³/mol. The van der Waals surface area contributed by atoms with E-state index in [1.54, 1.807) is 42.6 Å². The zero-order valence-corrected chi connectivity index (χ0v) is 23.3. The fourth-order valence-electron chi connectivity index (χ4n) is 4.58. The molecule has 14 heteroatoms. The average molecular weight is 634 g/mol. The van der Waals surface area contributed by atoms with E-state index in [0.717, 1.165) is 29.2 Å². The molecule has 0 amide bonds. The quantitative estimate of drug-likeness (QED) is 0.183. The van der Waals surface area contributed by atoms with Crippen LogP contribution in [-0.2, 0) is 29.0 Å². The van der Waals surface area contributed by atoms with Gasteiger partial charge in [-0.3, -0.25) is 9.71 Å². The van der Waals surface area contributed by atoms with Crippen molar-refractivity contribution in [3.8, 4) is 28.1 Å². The average Bonchev–Trinajstić information content (AvgIpc) is 2.99. The number of aliphatic hydroxyl groups is 1. The molecule has 2 aromatic heterocycles. The lowest BCUT2D eigenvalue weighted by Gasteiger charge is -2.18. The first-order valence-corrected chi connectivity index (χ1v) is 14.1. The molecule has 0 fully saturated rings. The van der Waals surface area contributed by atoms with Crippen LogP contribution in [-0.4, -0.2) is 30.6 Å². The van der Waals surface area contributed by atoms with E-state index in [2.05, 4.69) is 9.97 Å². The van der Waals surface area contributed by atoms with Gasteiger partial charge < -0.3 is 9.84 Å². The van der Waals surface area contributed by atoms with Gasteiger partial charge in [-0.15, -0.1) is 0 Å². The molecule has 5 aromatic rings. The lowest BCUT2D eigenvalue weighted by Crippen LogP contribution is -2.21. The molecule has 0 atom stereocenters. The van der Waals surface area contributed by atoms with Crippen molar-refractivity contribution in [3.63, 3.8) is 0 Å². The number of rotatable bonds is 7. The maximum absolute atomic E-state index is 13.7. The zero-order valence-electron chi connectivity index (χ0n) is 22.5. The molecule has 0 saturated carbocycles. The monoisotopic (exact) mass is 633 g/mol. The summed E-state index contributed by atoms with van der Waals surface area (Å²) >= 11 is 0. The van der Waals surface area contributed by atoms with Gasteiger partial charge in [-0.1, -0.05) is 30.3 Å². The molecule has 7 nitrogen and oxygen atoms in total. The van der Waals surface area contributed by atoms with Crippen LogP contribution in [0.3, 0.4) is 0 Å². The SMILES string of the molecule is COc1ncc(-c2ccc3nccc(-c4ccc(CO)cc4)c3c2)cc1NS(=O)(=O)c1ccc(C(F)(F)F)cc1C(F)(F)F. The summed E-state index contributed by atoms with van der Waals surface area (Å²) in [4.78, 5) is 7.07. The molecule has 228 valence electrons. The van der Waals surface area contributed by atoms with Gasteiger partial charge in [-0.05, 0) is 64.7 Å². The number of pyridine rings is 2. The number of fused-ring (bicyclic) bond motifs is 1. The van der Waals surface area contributed by atoms with E-state index in [9.17, 15) is 39.9 Å². The van der Waals surface area contributed by atoms with Crippen molar-refractivity contribution in [2.75, 3.05) is 11.8 Å². The Kier molecular flexibility index (Phi) is 7.99. The highest BCUT2D eigenvalue weighted by atomic mass is 32.2. The van der Waals surface area contributed by atoms with E-state index < -0.39 is 38.4 Å². The Balaban J connectivity index is 1.57. The van der Waals surface area contributed by atoms with Crippen molar-refractivity contribution in [2.45, 2.75) is 23.9 Å². The summed E-state index contributed by atoms with van der Waals surface area (Å²) in [6.07, 6.45) is -7.54. The number of anilines is 1. The first-order chi connectivity index (χ1) is 20.7. The normalized spacial score (nSPS) is 12.4. The minimum atomic E-state index is -5.41. The minimum Gasteiger partial charge on any atom is -0.480 e. The van der Waals surface area contributed by atoms with Crippen LogP contribution >= 0.6 is 0 Å². The Bertz CT molecular complexity index is 1960. The largest absolute Gasteiger partial charge is 0.480 e. The molecule has 2 N–H and O–H groups in total. The Morgan fingerprint density at radius 2 is 1.52 bits per heavy atom. The van der Waals surface area contributed by atoms with Crippen LogP contribution in [0, 0.1) is 0 Å². The van der Waals surface area contributed by atoms with Crippen molar-refractivity contribution >= 4 is 26.6 Å². The summed E-state index contributed by atoms with van der Waals surface area (Å²) in [5.74, 6) is -0.287. The molecule has 0 spiro atoms. The van der Waals surface area contributed by atoms with Crippen LogP contribution in [0.1, 0.15) is 16.7 Å². The number of methoxy groups -OCH3 is 1. The number of nitrogens with one attached hydrogen (secondary N) is 1. The number of hydrogen-bond acceptors (Lipinski definition) is 6. The Labute approximate surface area is 246 Å². The smallest absolute Gasteiger partial charge is 0.417 e. The minimum absolute atomic E-state index is 0.117. The van der Waals surface area contributed by atoms with Gasteiger partial charge in [-0.25, -0.2) is 13.4 Å². The van der Waals surface area contributed by atoms with Gasteiger partial charge in [0.05, 0.1) is 35.3 Å². The molecule has 0 aliphatic carbocycles. The van der Waals surface area contributed by atoms with E-state index in [1.165, 1.54) is 12.3 Å².